The van der Waals surface area contributed by atoms with Gasteiger partial charge in [-0.2, -0.15) is 0 Å². The zero-order chi connectivity index (χ0) is 19.8. The van der Waals surface area contributed by atoms with Crippen molar-refractivity contribution in [2.45, 2.75) is 70.5 Å². The zero-order valence-electron chi connectivity index (χ0n) is 17.3. The molecule has 1 atom stereocenters. The van der Waals surface area contributed by atoms with Gasteiger partial charge in [0.25, 0.3) is 0 Å². The summed E-state index contributed by atoms with van der Waals surface area (Å²) in [5, 5.41) is 0. The number of ether oxygens (including phenoxy) is 2. The molecule has 0 spiro atoms. The minimum absolute atomic E-state index is 0.0656. The highest BCUT2D eigenvalue weighted by molar-refractivity contribution is 6.62. The lowest BCUT2D eigenvalue weighted by atomic mass is 9.78. The Bertz CT molecular complexity index is 649. The Labute approximate surface area is 162 Å². The largest absolute Gasteiger partial charge is 0.497 e. The van der Waals surface area contributed by atoms with Crippen LogP contribution in [0.1, 0.15) is 47.0 Å². The predicted octanol–water partition coefficient (Wildman–Crippen LogP) is 3.10. The summed E-state index contributed by atoms with van der Waals surface area (Å²) in [6, 6.07) is 5.34. The first-order chi connectivity index (χ1) is 12.7. The van der Waals surface area contributed by atoms with Gasteiger partial charge in [0.1, 0.15) is 5.82 Å². The van der Waals surface area contributed by atoms with E-state index >= 15 is 4.39 Å². The molecule has 5 nitrogen and oxygen atoms in total. The Balaban J connectivity index is 1.84. The lowest BCUT2D eigenvalue weighted by molar-refractivity contribution is -0.120. The van der Waals surface area contributed by atoms with Gasteiger partial charge in [-0.1, -0.05) is 6.07 Å². The van der Waals surface area contributed by atoms with Crippen LogP contribution < -0.4 is 10.4 Å². The van der Waals surface area contributed by atoms with Gasteiger partial charge in [0.2, 0.25) is 0 Å². The molecule has 0 saturated carbocycles. The average Bonchev–Trinajstić information content (AvgIpc) is 2.83. The van der Waals surface area contributed by atoms with Crippen LogP contribution in [0.25, 0.3) is 0 Å². The number of methoxy groups -OCH3 is 2. The van der Waals surface area contributed by atoms with Gasteiger partial charge in [-0.3, -0.25) is 0 Å². The Kier molecular flexibility index (Phi) is 5.87. The maximum absolute atomic E-state index is 15.0. The number of halogens is 1. The molecular formula is C20H31BFNO4. The van der Waals surface area contributed by atoms with Gasteiger partial charge in [0, 0.05) is 31.9 Å². The molecule has 2 heterocycles. The van der Waals surface area contributed by atoms with E-state index in [9.17, 15) is 0 Å². The van der Waals surface area contributed by atoms with E-state index in [4.69, 9.17) is 18.8 Å². The van der Waals surface area contributed by atoms with Gasteiger partial charge < -0.3 is 23.7 Å². The molecule has 2 fully saturated rings. The number of rotatable bonds is 5. The van der Waals surface area contributed by atoms with Crippen LogP contribution in [0.2, 0.25) is 0 Å². The molecule has 1 unspecified atom stereocenters. The second-order valence-electron chi connectivity index (χ2n) is 8.39. The molecule has 0 N–H and O–H groups in total. The molecule has 1 aromatic rings. The standard InChI is InChI=1S/C20H31BFNO4/c1-19(2)20(3,4)27-21(26-19)15-11-10-14(13-16(15)22)23-12-8-7-9-17(23)18(24-5)25-6/h10-11,13,17-18H,7-9,12H2,1-6H3. The number of piperidine rings is 1. The van der Waals surface area contributed by atoms with Crippen LogP contribution in [0.4, 0.5) is 10.1 Å². The molecule has 0 aromatic heterocycles. The Morgan fingerprint density at radius 3 is 2.30 bits per heavy atom. The van der Waals surface area contributed by atoms with E-state index < -0.39 is 18.3 Å². The summed E-state index contributed by atoms with van der Waals surface area (Å²) in [6.45, 7) is 8.71. The fourth-order valence-electron chi connectivity index (χ4n) is 3.83. The van der Waals surface area contributed by atoms with Gasteiger partial charge >= 0.3 is 7.12 Å². The van der Waals surface area contributed by atoms with E-state index in [1.54, 1.807) is 26.4 Å². The number of anilines is 1. The lowest BCUT2D eigenvalue weighted by Gasteiger charge is -2.40. The predicted molar refractivity (Wildman–Crippen MR) is 105 cm³/mol. The highest BCUT2D eigenvalue weighted by atomic mass is 19.1. The number of benzene rings is 1. The van der Waals surface area contributed by atoms with E-state index in [0.29, 0.717) is 5.46 Å². The smallest absolute Gasteiger partial charge is 0.399 e. The molecule has 2 saturated heterocycles. The quantitative estimate of drug-likeness (QED) is 0.581. The van der Waals surface area contributed by atoms with Crippen LogP contribution in [-0.2, 0) is 18.8 Å². The van der Waals surface area contributed by atoms with Crippen molar-refractivity contribution in [3.63, 3.8) is 0 Å². The molecular weight excluding hydrogens is 348 g/mol. The van der Waals surface area contributed by atoms with E-state index in [-0.39, 0.29) is 18.1 Å². The second-order valence-corrected chi connectivity index (χ2v) is 8.39. The van der Waals surface area contributed by atoms with Gasteiger partial charge in [-0.25, -0.2) is 4.39 Å². The summed E-state index contributed by atoms with van der Waals surface area (Å²) in [6.07, 6.45) is 2.79. The summed E-state index contributed by atoms with van der Waals surface area (Å²) in [5.74, 6) is -0.318. The van der Waals surface area contributed by atoms with Crippen molar-refractivity contribution in [3.05, 3.63) is 24.0 Å². The van der Waals surface area contributed by atoms with Crippen molar-refractivity contribution in [2.24, 2.45) is 0 Å². The first kappa shape index (κ1) is 20.6. The third kappa shape index (κ3) is 3.88. The molecule has 27 heavy (non-hydrogen) atoms. The Morgan fingerprint density at radius 1 is 1.11 bits per heavy atom. The number of hydrogen-bond donors (Lipinski definition) is 0. The molecule has 2 aliphatic rings. The highest BCUT2D eigenvalue weighted by Crippen LogP contribution is 2.37. The lowest BCUT2D eigenvalue weighted by Crippen LogP contribution is -2.48. The van der Waals surface area contributed by atoms with E-state index in [0.717, 1.165) is 31.5 Å². The summed E-state index contributed by atoms with van der Waals surface area (Å²) in [7, 11) is 2.58. The topological polar surface area (TPSA) is 40.2 Å². The minimum atomic E-state index is -0.702. The molecule has 0 radical (unpaired) electrons. The first-order valence-corrected chi connectivity index (χ1v) is 9.67. The van der Waals surface area contributed by atoms with Gasteiger partial charge in [-0.05, 0) is 59.1 Å². The Hall–Kier alpha value is -1.15. The van der Waals surface area contributed by atoms with Crippen molar-refractivity contribution in [1.82, 2.24) is 0 Å². The normalized spacial score (nSPS) is 24.7. The summed E-state index contributed by atoms with van der Waals surface area (Å²) in [5.41, 5.74) is 0.271. The van der Waals surface area contributed by atoms with Crippen LogP contribution in [-0.4, -0.2) is 51.4 Å². The monoisotopic (exact) mass is 379 g/mol. The van der Waals surface area contributed by atoms with Crippen molar-refractivity contribution in [3.8, 4) is 0 Å². The van der Waals surface area contributed by atoms with Gasteiger partial charge in [0.15, 0.2) is 6.29 Å². The summed E-state index contributed by atoms with van der Waals surface area (Å²) in [4.78, 5) is 2.18. The average molecular weight is 379 g/mol. The molecule has 0 bridgehead atoms. The van der Waals surface area contributed by atoms with Crippen LogP contribution in [0.15, 0.2) is 18.2 Å². The molecule has 3 rings (SSSR count). The van der Waals surface area contributed by atoms with E-state index in [1.807, 2.05) is 33.8 Å². The fourth-order valence-corrected chi connectivity index (χ4v) is 3.83. The van der Waals surface area contributed by atoms with Gasteiger partial charge in [-0.15, -0.1) is 0 Å². The van der Waals surface area contributed by atoms with Crippen LogP contribution in [0.5, 0.6) is 0 Å². The fraction of sp³-hybridized carbons (Fsp3) is 0.700. The number of nitrogens with zero attached hydrogens (tertiary/aromatic N) is 1. The maximum atomic E-state index is 15.0. The van der Waals surface area contributed by atoms with E-state index in [1.165, 1.54) is 0 Å². The summed E-state index contributed by atoms with van der Waals surface area (Å²) < 4.78 is 37.9. The molecule has 2 aliphatic heterocycles. The zero-order valence-corrected chi connectivity index (χ0v) is 17.3. The molecule has 150 valence electrons. The van der Waals surface area contributed by atoms with E-state index in [2.05, 4.69) is 4.90 Å². The second kappa shape index (κ2) is 7.70. The van der Waals surface area contributed by atoms with Crippen molar-refractivity contribution < 1.29 is 23.2 Å². The third-order valence-electron chi connectivity index (χ3n) is 6.15. The van der Waals surface area contributed by atoms with Crippen molar-refractivity contribution in [1.29, 1.82) is 0 Å². The highest BCUT2D eigenvalue weighted by Gasteiger charge is 2.52. The van der Waals surface area contributed by atoms with Crippen LogP contribution in [0, 0.1) is 5.82 Å². The molecule has 7 heteroatoms. The Morgan fingerprint density at radius 2 is 1.74 bits per heavy atom. The van der Waals surface area contributed by atoms with Crippen molar-refractivity contribution >= 4 is 18.3 Å². The van der Waals surface area contributed by atoms with Crippen LogP contribution in [0.3, 0.4) is 0 Å². The molecule has 1 aromatic carbocycles. The summed E-state index contributed by atoms with van der Waals surface area (Å²) >= 11 is 0. The minimum Gasteiger partial charge on any atom is -0.399 e. The molecule has 0 amide bonds. The number of hydrogen-bond acceptors (Lipinski definition) is 5. The van der Waals surface area contributed by atoms with Gasteiger partial charge in [0.05, 0.1) is 17.2 Å². The SMILES string of the molecule is COC(OC)C1CCCCN1c1ccc(B2OC(C)(C)C(C)(C)O2)c(F)c1. The molecule has 0 aliphatic carbocycles. The third-order valence-corrected chi connectivity index (χ3v) is 6.15. The maximum Gasteiger partial charge on any atom is 0.497 e. The first-order valence-electron chi connectivity index (χ1n) is 9.67. The van der Waals surface area contributed by atoms with Crippen LogP contribution >= 0.6 is 0 Å². The van der Waals surface area contributed by atoms with Crippen molar-refractivity contribution in [2.75, 3.05) is 25.7 Å².